The Kier molecular flexibility index (Phi) is 6.43. The highest BCUT2D eigenvalue weighted by Crippen LogP contribution is 2.25. The molecule has 24 heavy (non-hydrogen) atoms. The van der Waals surface area contributed by atoms with E-state index in [-0.39, 0.29) is 22.0 Å². The summed E-state index contributed by atoms with van der Waals surface area (Å²) in [5.41, 5.74) is 0.427. The first-order chi connectivity index (χ1) is 11.4. The van der Waals surface area contributed by atoms with Crippen LogP contribution in [-0.2, 0) is 20.7 Å². The Morgan fingerprint density at radius 1 is 1.04 bits per heavy atom. The fourth-order valence-corrected chi connectivity index (χ4v) is 2.34. The number of rotatable bonds is 5. The molecule has 0 spiro atoms. The van der Waals surface area contributed by atoms with Crippen LogP contribution in [0.25, 0.3) is 0 Å². The summed E-state index contributed by atoms with van der Waals surface area (Å²) >= 11 is 17.4. The summed E-state index contributed by atoms with van der Waals surface area (Å²) in [4.78, 5) is 23.4. The van der Waals surface area contributed by atoms with Crippen molar-refractivity contribution in [3.63, 3.8) is 0 Å². The van der Waals surface area contributed by atoms with Gasteiger partial charge in [-0.25, -0.2) is 4.39 Å². The van der Waals surface area contributed by atoms with Crippen molar-refractivity contribution < 1.29 is 18.7 Å². The quantitative estimate of drug-likeness (QED) is 0.764. The standard InChI is InChI=1S/C16H11Cl3FNO3/c17-11-2-1-3-14(20)10(11)7-16(23)24-8-15(22)21-9-4-5-12(18)13(19)6-9/h1-6H,7-8H2,(H,21,22). The van der Waals surface area contributed by atoms with Gasteiger partial charge in [0.05, 0.1) is 16.5 Å². The fraction of sp³-hybridized carbons (Fsp3) is 0.125. The second-order valence-corrected chi connectivity index (χ2v) is 5.94. The Hall–Kier alpha value is -1.82. The van der Waals surface area contributed by atoms with Gasteiger partial charge < -0.3 is 10.1 Å². The third-order valence-corrected chi connectivity index (χ3v) is 4.04. The van der Waals surface area contributed by atoms with E-state index in [2.05, 4.69) is 5.32 Å². The Bertz CT molecular complexity index is 763. The summed E-state index contributed by atoms with van der Waals surface area (Å²) < 4.78 is 18.4. The van der Waals surface area contributed by atoms with Crippen molar-refractivity contribution in [3.05, 3.63) is 62.8 Å². The number of benzene rings is 2. The number of nitrogens with one attached hydrogen (secondary N) is 1. The first-order valence-corrected chi connectivity index (χ1v) is 7.83. The van der Waals surface area contributed by atoms with Crippen molar-refractivity contribution in [2.75, 3.05) is 11.9 Å². The Balaban J connectivity index is 1.87. The number of hydrogen-bond donors (Lipinski definition) is 1. The Labute approximate surface area is 152 Å². The summed E-state index contributed by atoms with van der Waals surface area (Å²) in [5, 5.41) is 3.24. The van der Waals surface area contributed by atoms with Gasteiger partial charge in [0.2, 0.25) is 0 Å². The molecule has 8 heteroatoms. The maximum atomic E-state index is 13.6. The number of amides is 1. The molecule has 4 nitrogen and oxygen atoms in total. The van der Waals surface area contributed by atoms with E-state index in [1.54, 1.807) is 6.07 Å². The van der Waals surface area contributed by atoms with E-state index in [0.717, 1.165) is 0 Å². The number of esters is 1. The molecule has 0 atom stereocenters. The summed E-state index contributed by atoms with van der Waals surface area (Å²) in [6.45, 7) is -0.523. The third kappa shape index (κ3) is 5.09. The number of ether oxygens (including phenoxy) is 1. The summed E-state index contributed by atoms with van der Waals surface area (Å²) in [5.74, 6) is -1.95. The van der Waals surface area contributed by atoms with Crippen molar-refractivity contribution in [1.29, 1.82) is 0 Å². The molecule has 1 N–H and O–H groups in total. The summed E-state index contributed by atoms with van der Waals surface area (Å²) in [7, 11) is 0. The zero-order valence-electron chi connectivity index (χ0n) is 12.1. The maximum absolute atomic E-state index is 13.6. The second kappa shape index (κ2) is 8.33. The molecule has 0 fully saturated rings. The lowest BCUT2D eigenvalue weighted by molar-refractivity contribution is -0.146. The number of halogens is 4. The van der Waals surface area contributed by atoms with Gasteiger partial charge >= 0.3 is 5.97 Å². The molecule has 0 aliphatic rings. The molecule has 126 valence electrons. The molecule has 2 rings (SSSR count). The fourth-order valence-electron chi connectivity index (χ4n) is 1.81. The number of carbonyl (C=O) groups excluding carboxylic acids is 2. The lowest BCUT2D eigenvalue weighted by atomic mass is 10.1. The first kappa shape index (κ1) is 18.5. The van der Waals surface area contributed by atoms with E-state index >= 15 is 0 Å². The van der Waals surface area contributed by atoms with Crippen LogP contribution in [-0.4, -0.2) is 18.5 Å². The number of carbonyl (C=O) groups is 2. The van der Waals surface area contributed by atoms with E-state index in [1.807, 2.05) is 0 Å². The minimum Gasteiger partial charge on any atom is -0.455 e. The van der Waals surface area contributed by atoms with Crippen LogP contribution in [0.15, 0.2) is 36.4 Å². The summed E-state index contributed by atoms with van der Waals surface area (Å²) in [6, 6.07) is 8.61. The van der Waals surface area contributed by atoms with Crippen LogP contribution in [0, 0.1) is 5.82 Å². The molecule has 1 amide bonds. The van der Waals surface area contributed by atoms with Crippen LogP contribution in [0.1, 0.15) is 5.56 Å². The lowest BCUT2D eigenvalue weighted by Crippen LogP contribution is -2.21. The van der Waals surface area contributed by atoms with Gasteiger partial charge in [-0.2, -0.15) is 0 Å². The third-order valence-electron chi connectivity index (χ3n) is 2.95. The smallest absolute Gasteiger partial charge is 0.310 e. The van der Waals surface area contributed by atoms with E-state index in [1.165, 1.54) is 30.3 Å². The zero-order valence-corrected chi connectivity index (χ0v) is 14.4. The summed E-state index contributed by atoms with van der Waals surface area (Å²) in [6.07, 6.45) is -0.369. The van der Waals surface area contributed by atoms with Gasteiger partial charge in [-0.15, -0.1) is 0 Å². The van der Waals surface area contributed by atoms with Crippen molar-refractivity contribution in [2.24, 2.45) is 0 Å². The molecular formula is C16H11Cl3FNO3. The van der Waals surface area contributed by atoms with E-state index in [0.29, 0.717) is 10.7 Å². The highest BCUT2D eigenvalue weighted by atomic mass is 35.5. The lowest BCUT2D eigenvalue weighted by Gasteiger charge is -2.08. The Morgan fingerprint density at radius 3 is 2.46 bits per heavy atom. The van der Waals surface area contributed by atoms with Gasteiger partial charge in [0.15, 0.2) is 6.61 Å². The highest BCUT2D eigenvalue weighted by molar-refractivity contribution is 6.42. The molecule has 0 aliphatic carbocycles. The Morgan fingerprint density at radius 2 is 1.79 bits per heavy atom. The molecular weight excluding hydrogens is 380 g/mol. The minimum atomic E-state index is -0.772. The van der Waals surface area contributed by atoms with Gasteiger partial charge in [0.1, 0.15) is 5.82 Å². The van der Waals surface area contributed by atoms with E-state index < -0.39 is 24.3 Å². The van der Waals surface area contributed by atoms with Gasteiger partial charge in [0.25, 0.3) is 5.91 Å². The average Bonchev–Trinajstić information content (AvgIpc) is 2.53. The SMILES string of the molecule is O=C(COC(=O)Cc1c(F)cccc1Cl)Nc1ccc(Cl)c(Cl)c1. The van der Waals surface area contributed by atoms with Crippen molar-refractivity contribution in [2.45, 2.75) is 6.42 Å². The normalized spacial score (nSPS) is 10.3. The van der Waals surface area contributed by atoms with Crippen LogP contribution in [0.4, 0.5) is 10.1 Å². The molecule has 0 aromatic heterocycles. The van der Waals surface area contributed by atoms with Gasteiger partial charge in [-0.05, 0) is 30.3 Å². The predicted molar refractivity (Wildman–Crippen MR) is 91.2 cm³/mol. The zero-order chi connectivity index (χ0) is 17.7. The topological polar surface area (TPSA) is 55.4 Å². The molecule has 2 aromatic carbocycles. The van der Waals surface area contributed by atoms with Crippen LogP contribution in [0.3, 0.4) is 0 Å². The van der Waals surface area contributed by atoms with Crippen LogP contribution in [0.5, 0.6) is 0 Å². The maximum Gasteiger partial charge on any atom is 0.310 e. The van der Waals surface area contributed by atoms with E-state index in [4.69, 9.17) is 39.5 Å². The van der Waals surface area contributed by atoms with Crippen LogP contribution >= 0.6 is 34.8 Å². The van der Waals surface area contributed by atoms with Crippen LogP contribution < -0.4 is 5.32 Å². The molecule has 0 aliphatic heterocycles. The van der Waals surface area contributed by atoms with Gasteiger partial charge in [-0.3, -0.25) is 9.59 Å². The highest BCUT2D eigenvalue weighted by Gasteiger charge is 2.14. The molecule has 0 heterocycles. The molecule has 0 saturated carbocycles. The number of anilines is 1. The molecule has 2 aromatic rings. The van der Waals surface area contributed by atoms with Crippen molar-refractivity contribution in [3.8, 4) is 0 Å². The molecule has 0 saturated heterocycles. The van der Waals surface area contributed by atoms with Crippen molar-refractivity contribution >= 4 is 52.4 Å². The molecule has 0 unspecified atom stereocenters. The monoisotopic (exact) mass is 389 g/mol. The van der Waals surface area contributed by atoms with Gasteiger partial charge in [-0.1, -0.05) is 40.9 Å². The first-order valence-electron chi connectivity index (χ1n) is 6.70. The minimum absolute atomic E-state index is 0.0223. The largest absolute Gasteiger partial charge is 0.455 e. The second-order valence-electron chi connectivity index (χ2n) is 4.71. The van der Waals surface area contributed by atoms with Gasteiger partial charge in [0, 0.05) is 16.3 Å². The number of hydrogen-bond acceptors (Lipinski definition) is 3. The molecule has 0 radical (unpaired) electrons. The van der Waals surface area contributed by atoms with Crippen LogP contribution in [0.2, 0.25) is 15.1 Å². The van der Waals surface area contributed by atoms with E-state index in [9.17, 15) is 14.0 Å². The average molecular weight is 391 g/mol. The van der Waals surface area contributed by atoms with Crippen molar-refractivity contribution in [1.82, 2.24) is 0 Å². The predicted octanol–water partition coefficient (Wildman–Crippen LogP) is 4.51. The molecule has 0 bridgehead atoms.